The van der Waals surface area contributed by atoms with Crippen molar-refractivity contribution in [2.24, 2.45) is 0 Å². The van der Waals surface area contributed by atoms with Gasteiger partial charge in [-0.2, -0.15) is 0 Å². The third-order valence-corrected chi connectivity index (χ3v) is 0. The number of rotatable bonds is 0. The van der Waals surface area contributed by atoms with Gasteiger partial charge < -0.3 is 0 Å². The summed E-state index contributed by atoms with van der Waals surface area (Å²) in [4.78, 5) is 0. The van der Waals surface area contributed by atoms with Crippen LogP contribution in [-0.2, 0) is 27.7 Å². The van der Waals surface area contributed by atoms with E-state index in [9.17, 15) is 0 Å². The van der Waals surface area contributed by atoms with Crippen LogP contribution in [0.5, 0.6) is 0 Å². The maximum atomic E-state index is 0. The first kappa shape index (κ1) is 41.4. The molecule has 0 bridgehead atoms. The van der Waals surface area contributed by atoms with Crippen molar-refractivity contribution in [3.63, 3.8) is 0 Å². The normalized spacial score (nSPS) is 0. The van der Waals surface area contributed by atoms with Crippen LogP contribution in [-0.4, -0.2) is 58.2 Å². The van der Waals surface area contributed by atoms with Gasteiger partial charge in [-0.05, 0) is 0 Å². The zero-order chi connectivity index (χ0) is 0. The van der Waals surface area contributed by atoms with Crippen LogP contribution in [0.1, 0.15) is 0 Å². The first-order valence-corrected chi connectivity index (χ1v) is 0. The summed E-state index contributed by atoms with van der Waals surface area (Å²) in [6, 6.07) is 0. The predicted molar refractivity (Wildman–Crippen MR) is 68.8 cm³/mol. The average molecular weight is 799 g/mol. The molecule has 0 radical (unpaired) electrons. The topological polar surface area (TPSA) is 0 Å². The van der Waals surface area contributed by atoms with E-state index in [0.717, 1.165) is 0 Å². The molecule has 0 aromatic rings. The van der Waals surface area contributed by atoms with Gasteiger partial charge >= 0.3 is 58.2 Å². The zero-order valence-corrected chi connectivity index (χ0v) is 17.2. The molecule has 0 aromatic carbocycles. The molecule has 0 fully saturated rings. The van der Waals surface area contributed by atoms with E-state index in [4.69, 9.17) is 0 Å². The standard InChI is InChI=1S/Hg.4HI.Rb.H/h;4*1H;;. The SMILES string of the molecule is I.I.I.I.[Hg].[RbH]. The summed E-state index contributed by atoms with van der Waals surface area (Å²) >= 11 is 0. The van der Waals surface area contributed by atoms with E-state index < -0.39 is 0 Å². The second-order valence-corrected chi connectivity index (χ2v) is 0. The van der Waals surface area contributed by atoms with Gasteiger partial charge in [-0.25, -0.2) is 0 Å². The van der Waals surface area contributed by atoms with Gasteiger partial charge in [-0.15, -0.1) is 95.9 Å². The molecule has 0 aliphatic carbocycles. The van der Waals surface area contributed by atoms with Crippen LogP contribution >= 0.6 is 95.9 Å². The van der Waals surface area contributed by atoms with Gasteiger partial charge in [0.15, 0.2) is 0 Å². The average Bonchev–Trinajstić information content (AvgIpc) is 0. The molecule has 0 N–H and O–H groups in total. The third kappa shape index (κ3) is 22.6. The molecule has 0 saturated heterocycles. The van der Waals surface area contributed by atoms with Crippen molar-refractivity contribution in [1.29, 1.82) is 0 Å². The molecule has 0 spiro atoms. The van der Waals surface area contributed by atoms with Gasteiger partial charge in [0.2, 0.25) is 0 Å². The quantitative estimate of drug-likeness (QED) is 0.260. The van der Waals surface area contributed by atoms with Crippen LogP contribution < -0.4 is 0 Å². The molecule has 0 aliphatic heterocycles. The van der Waals surface area contributed by atoms with Crippen LogP contribution in [0.15, 0.2) is 0 Å². The fourth-order valence-electron chi connectivity index (χ4n) is 0. The molecule has 0 amide bonds. The molecule has 0 heterocycles. The Kier molecular flexibility index (Phi) is 214. The summed E-state index contributed by atoms with van der Waals surface area (Å²) in [5, 5.41) is 0. The Labute approximate surface area is 176 Å². The van der Waals surface area contributed by atoms with Crippen LogP contribution in [0.3, 0.4) is 0 Å². The Morgan fingerprint density at radius 3 is 0.500 bits per heavy atom. The van der Waals surface area contributed by atoms with Crippen LogP contribution in [0.2, 0.25) is 0 Å². The third-order valence-electron chi connectivity index (χ3n) is 0. The molecular weight excluding hydrogens is 794 g/mol. The van der Waals surface area contributed by atoms with Crippen molar-refractivity contribution in [3.05, 3.63) is 0 Å². The van der Waals surface area contributed by atoms with Crippen molar-refractivity contribution >= 4 is 154 Å². The van der Waals surface area contributed by atoms with E-state index in [1.54, 1.807) is 0 Å². The van der Waals surface area contributed by atoms with Crippen molar-refractivity contribution in [2.45, 2.75) is 0 Å². The molecule has 0 saturated carbocycles. The minimum atomic E-state index is 0. The van der Waals surface area contributed by atoms with E-state index in [0.29, 0.717) is 0 Å². The molecule has 6 heavy (non-hydrogen) atoms. The summed E-state index contributed by atoms with van der Waals surface area (Å²) in [6.07, 6.45) is 0. The maximum absolute atomic E-state index is 0. The van der Waals surface area contributed by atoms with E-state index in [1.165, 1.54) is 0 Å². The molecule has 0 nitrogen and oxygen atoms in total. The molecule has 36 valence electrons. The first-order valence-electron chi connectivity index (χ1n) is 0. The van der Waals surface area contributed by atoms with Crippen LogP contribution in [0, 0.1) is 0 Å². The Hall–Kier alpha value is 5.66. The molecule has 6 heteroatoms. The van der Waals surface area contributed by atoms with Crippen molar-refractivity contribution in [1.82, 2.24) is 0 Å². The second-order valence-electron chi connectivity index (χ2n) is 0. The van der Waals surface area contributed by atoms with Crippen molar-refractivity contribution in [2.75, 3.05) is 0 Å². The predicted octanol–water partition coefficient (Wildman–Crippen LogP) is 1.82. The molecule has 0 rings (SSSR count). The van der Waals surface area contributed by atoms with E-state index in [2.05, 4.69) is 0 Å². The summed E-state index contributed by atoms with van der Waals surface area (Å²) in [6.45, 7) is 0. The molecular formula is H5HgI4Rb. The van der Waals surface area contributed by atoms with Gasteiger partial charge in [0.25, 0.3) is 0 Å². The zero-order valence-electron chi connectivity index (χ0n) is 2.34. The molecule has 0 aliphatic rings. The van der Waals surface area contributed by atoms with Crippen molar-refractivity contribution < 1.29 is 27.7 Å². The monoisotopic (exact) mass is 800 g/mol. The fraction of sp³-hybridized carbons (Fsp3) is 0. The second kappa shape index (κ2) is 31.1. The Morgan fingerprint density at radius 2 is 0.500 bits per heavy atom. The van der Waals surface area contributed by atoms with Gasteiger partial charge in [-0.3, -0.25) is 0 Å². The molecule has 0 aromatic heterocycles. The van der Waals surface area contributed by atoms with E-state index >= 15 is 0 Å². The Balaban J connectivity index is 0. The number of halogens is 4. The van der Waals surface area contributed by atoms with Gasteiger partial charge in [-0.1, -0.05) is 0 Å². The van der Waals surface area contributed by atoms with Crippen LogP contribution in [0.25, 0.3) is 0 Å². The van der Waals surface area contributed by atoms with Gasteiger partial charge in [0.05, 0.1) is 0 Å². The van der Waals surface area contributed by atoms with Crippen molar-refractivity contribution in [3.8, 4) is 0 Å². The number of hydrogen-bond acceptors (Lipinski definition) is 0. The first-order chi connectivity index (χ1) is 0. The summed E-state index contributed by atoms with van der Waals surface area (Å²) in [5.41, 5.74) is 0. The summed E-state index contributed by atoms with van der Waals surface area (Å²) in [7, 11) is 0. The van der Waals surface area contributed by atoms with E-state index in [1.807, 2.05) is 0 Å². The molecule has 0 unspecified atom stereocenters. The fourth-order valence-corrected chi connectivity index (χ4v) is 0. The number of hydrogen-bond donors (Lipinski definition) is 0. The Morgan fingerprint density at radius 1 is 0.500 bits per heavy atom. The minimum absolute atomic E-state index is 0. The molecule has 0 atom stereocenters. The van der Waals surface area contributed by atoms with E-state index in [-0.39, 0.29) is 182 Å². The summed E-state index contributed by atoms with van der Waals surface area (Å²) < 4.78 is 0. The summed E-state index contributed by atoms with van der Waals surface area (Å²) in [5.74, 6) is 0. The van der Waals surface area contributed by atoms with Gasteiger partial charge in [0.1, 0.15) is 0 Å². The Bertz CT molecular complexity index is 7.51. The van der Waals surface area contributed by atoms with Gasteiger partial charge in [0, 0.05) is 27.7 Å². The van der Waals surface area contributed by atoms with Crippen LogP contribution in [0.4, 0.5) is 0 Å².